The number of halogens is 3. The van der Waals surface area contributed by atoms with Crippen LogP contribution in [0.1, 0.15) is 25.3 Å². The Morgan fingerprint density at radius 1 is 1.33 bits per heavy atom. The van der Waals surface area contributed by atoms with E-state index in [2.05, 4.69) is 22.5 Å². The molecule has 2 atom stereocenters. The maximum Gasteiger partial charge on any atom is 0.416 e. The minimum atomic E-state index is -4.35. The fourth-order valence-corrected chi connectivity index (χ4v) is 1.96. The zero-order valence-corrected chi connectivity index (χ0v) is 10.3. The number of nitrogens with zero attached hydrogens (tertiary/aromatic N) is 1. The summed E-state index contributed by atoms with van der Waals surface area (Å²) < 4.78 is 38.1. The van der Waals surface area contributed by atoms with Crippen LogP contribution in [-0.2, 0) is 6.18 Å². The first-order valence-electron chi connectivity index (χ1n) is 5.97. The van der Waals surface area contributed by atoms with E-state index in [1.54, 1.807) is 7.05 Å². The number of hydrogen-bond acceptors (Lipinski definition) is 3. The van der Waals surface area contributed by atoms with Crippen molar-refractivity contribution in [3.8, 4) is 0 Å². The summed E-state index contributed by atoms with van der Waals surface area (Å²) in [6.07, 6.45) is -2.31. The second-order valence-electron chi connectivity index (χ2n) is 4.53. The predicted octanol–water partition coefficient (Wildman–Crippen LogP) is 3.35. The van der Waals surface area contributed by atoms with Crippen molar-refractivity contribution in [3.63, 3.8) is 0 Å². The highest BCUT2D eigenvalue weighted by molar-refractivity contribution is 5.50. The van der Waals surface area contributed by atoms with Gasteiger partial charge in [-0.2, -0.15) is 13.2 Å². The second kappa shape index (κ2) is 4.66. The molecular weight excluding hydrogens is 243 g/mol. The average Bonchev–Trinajstić information content (AvgIpc) is 3.06. The predicted molar refractivity (Wildman–Crippen MR) is 64.6 cm³/mol. The van der Waals surface area contributed by atoms with E-state index >= 15 is 0 Å². The van der Waals surface area contributed by atoms with E-state index in [1.165, 1.54) is 0 Å². The molecule has 0 bridgehead atoms. The van der Waals surface area contributed by atoms with Gasteiger partial charge < -0.3 is 10.6 Å². The van der Waals surface area contributed by atoms with Gasteiger partial charge in [0.1, 0.15) is 11.6 Å². The number of rotatable bonds is 4. The quantitative estimate of drug-likeness (QED) is 0.870. The van der Waals surface area contributed by atoms with E-state index in [1.807, 2.05) is 0 Å². The van der Waals surface area contributed by atoms with Crippen molar-refractivity contribution in [2.45, 2.75) is 32.0 Å². The van der Waals surface area contributed by atoms with Crippen molar-refractivity contribution >= 4 is 11.6 Å². The zero-order valence-electron chi connectivity index (χ0n) is 10.3. The van der Waals surface area contributed by atoms with Crippen LogP contribution in [0, 0.1) is 5.92 Å². The van der Waals surface area contributed by atoms with Gasteiger partial charge in [0, 0.05) is 13.1 Å². The van der Waals surface area contributed by atoms with E-state index in [0.717, 1.165) is 25.0 Å². The SMILES string of the molecule is CCC1CC1Nc1cc(C(F)(F)F)cc(NC)n1. The van der Waals surface area contributed by atoms with E-state index in [9.17, 15) is 13.2 Å². The van der Waals surface area contributed by atoms with Gasteiger partial charge in [0.05, 0.1) is 5.56 Å². The lowest BCUT2D eigenvalue weighted by Gasteiger charge is -2.12. The number of anilines is 2. The standard InChI is InChI=1S/C12H16F3N3/c1-3-7-4-9(7)17-11-6-8(12(13,14)15)5-10(16-2)18-11/h5-7,9H,3-4H2,1-2H3,(H2,16,17,18). The van der Waals surface area contributed by atoms with Crippen LogP contribution in [0.4, 0.5) is 24.8 Å². The maximum atomic E-state index is 12.7. The molecule has 0 spiro atoms. The van der Waals surface area contributed by atoms with E-state index in [0.29, 0.717) is 5.92 Å². The van der Waals surface area contributed by atoms with Gasteiger partial charge in [0.25, 0.3) is 0 Å². The largest absolute Gasteiger partial charge is 0.416 e. The smallest absolute Gasteiger partial charge is 0.373 e. The van der Waals surface area contributed by atoms with Crippen LogP contribution in [0.25, 0.3) is 0 Å². The van der Waals surface area contributed by atoms with Gasteiger partial charge in [0.2, 0.25) is 0 Å². The van der Waals surface area contributed by atoms with Gasteiger partial charge in [-0.3, -0.25) is 0 Å². The Hall–Kier alpha value is -1.46. The third kappa shape index (κ3) is 2.86. The van der Waals surface area contributed by atoms with E-state index in [4.69, 9.17) is 0 Å². The molecule has 1 saturated carbocycles. The first-order chi connectivity index (χ1) is 8.44. The highest BCUT2D eigenvalue weighted by Crippen LogP contribution is 2.37. The summed E-state index contributed by atoms with van der Waals surface area (Å²) in [5.41, 5.74) is -0.682. The molecule has 0 aromatic carbocycles. The summed E-state index contributed by atoms with van der Waals surface area (Å²) in [6.45, 7) is 2.07. The fourth-order valence-electron chi connectivity index (χ4n) is 1.96. The Balaban J connectivity index is 2.19. The molecule has 2 N–H and O–H groups in total. The molecule has 1 fully saturated rings. The van der Waals surface area contributed by atoms with Crippen LogP contribution in [-0.4, -0.2) is 18.1 Å². The summed E-state index contributed by atoms with van der Waals surface area (Å²) in [6, 6.07) is 2.33. The van der Waals surface area contributed by atoms with Gasteiger partial charge in [0.15, 0.2) is 0 Å². The normalized spacial score (nSPS) is 22.7. The highest BCUT2D eigenvalue weighted by Gasteiger charge is 2.36. The minimum absolute atomic E-state index is 0.223. The summed E-state index contributed by atoms with van der Waals surface area (Å²) in [4.78, 5) is 4.09. The molecule has 2 unspecified atom stereocenters. The second-order valence-corrected chi connectivity index (χ2v) is 4.53. The lowest BCUT2D eigenvalue weighted by molar-refractivity contribution is -0.137. The van der Waals surface area contributed by atoms with Crippen LogP contribution in [0.15, 0.2) is 12.1 Å². The topological polar surface area (TPSA) is 37.0 Å². The van der Waals surface area contributed by atoms with Gasteiger partial charge in [-0.15, -0.1) is 0 Å². The Labute approximate surface area is 104 Å². The van der Waals surface area contributed by atoms with Gasteiger partial charge in [-0.1, -0.05) is 13.3 Å². The molecule has 2 rings (SSSR count). The Morgan fingerprint density at radius 2 is 2.00 bits per heavy atom. The molecule has 1 heterocycles. The van der Waals surface area contributed by atoms with Crippen molar-refractivity contribution in [2.75, 3.05) is 17.7 Å². The lowest BCUT2D eigenvalue weighted by Crippen LogP contribution is -2.11. The monoisotopic (exact) mass is 259 g/mol. The van der Waals surface area contributed by atoms with Gasteiger partial charge in [-0.25, -0.2) is 4.98 Å². The summed E-state index contributed by atoms with van der Waals surface area (Å²) in [7, 11) is 1.55. The number of aromatic nitrogens is 1. The van der Waals surface area contributed by atoms with Crippen molar-refractivity contribution in [2.24, 2.45) is 5.92 Å². The molecule has 1 aliphatic rings. The Kier molecular flexibility index (Phi) is 3.36. The van der Waals surface area contributed by atoms with Crippen LogP contribution in [0.5, 0.6) is 0 Å². The average molecular weight is 259 g/mol. The summed E-state index contributed by atoms with van der Waals surface area (Å²) in [5.74, 6) is 1.07. The molecule has 1 aromatic rings. The van der Waals surface area contributed by atoms with Gasteiger partial charge >= 0.3 is 6.18 Å². The molecular formula is C12H16F3N3. The lowest BCUT2D eigenvalue weighted by atomic mass is 10.2. The first kappa shape index (κ1) is 13.0. The van der Waals surface area contributed by atoms with Crippen molar-refractivity contribution in [1.82, 2.24) is 4.98 Å². The van der Waals surface area contributed by atoms with Crippen molar-refractivity contribution in [3.05, 3.63) is 17.7 Å². The third-order valence-corrected chi connectivity index (χ3v) is 3.19. The molecule has 3 nitrogen and oxygen atoms in total. The van der Waals surface area contributed by atoms with Crippen molar-refractivity contribution in [1.29, 1.82) is 0 Å². The number of nitrogens with one attached hydrogen (secondary N) is 2. The number of hydrogen-bond donors (Lipinski definition) is 2. The van der Waals surface area contributed by atoms with Crippen molar-refractivity contribution < 1.29 is 13.2 Å². The summed E-state index contributed by atoms with van der Waals surface area (Å²) >= 11 is 0. The van der Waals surface area contributed by atoms with Crippen LogP contribution in [0.3, 0.4) is 0 Å². The molecule has 6 heteroatoms. The van der Waals surface area contributed by atoms with Crippen LogP contribution in [0.2, 0.25) is 0 Å². The number of alkyl halides is 3. The highest BCUT2D eigenvalue weighted by atomic mass is 19.4. The van der Waals surface area contributed by atoms with Crippen LogP contribution < -0.4 is 10.6 Å². The molecule has 0 aliphatic heterocycles. The minimum Gasteiger partial charge on any atom is -0.373 e. The van der Waals surface area contributed by atoms with Gasteiger partial charge in [-0.05, 0) is 24.5 Å². The van der Waals surface area contributed by atoms with E-state index < -0.39 is 11.7 Å². The molecule has 18 heavy (non-hydrogen) atoms. The van der Waals surface area contributed by atoms with E-state index in [-0.39, 0.29) is 17.7 Å². The molecule has 0 radical (unpaired) electrons. The molecule has 1 aromatic heterocycles. The Morgan fingerprint density at radius 3 is 2.50 bits per heavy atom. The zero-order chi connectivity index (χ0) is 13.3. The molecule has 100 valence electrons. The Bertz CT molecular complexity index is 431. The molecule has 0 saturated heterocycles. The maximum absolute atomic E-state index is 12.7. The fraction of sp³-hybridized carbons (Fsp3) is 0.583. The first-order valence-corrected chi connectivity index (χ1v) is 5.97. The molecule has 1 aliphatic carbocycles. The van der Waals surface area contributed by atoms with Crippen LogP contribution >= 0.6 is 0 Å². The third-order valence-electron chi connectivity index (χ3n) is 3.19. The number of pyridine rings is 1. The summed E-state index contributed by atoms with van der Waals surface area (Å²) in [5, 5.41) is 5.70. The molecule has 0 amide bonds.